The van der Waals surface area contributed by atoms with Crippen molar-refractivity contribution in [2.24, 2.45) is 0 Å². The van der Waals surface area contributed by atoms with E-state index in [4.69, 9.17) is 18.9 Å². The fourth-order valence-electron chi connectivity index (χ4n) is 2.16. The molecule has 2 rings (SSSR count). The normalized spacial score (nSPS) is 45.4. The molecule has 0 spiro atoms. The molecule has 0 aromatic carbocycles. The predicted molar refractivity (Wildman–Crippen MR) is 49.8 cm³/mol. The summed E-state index contributed by atoms with van der Waals surface area (Å²) < 4.78 is 22.4. The molecule has 0 aromatic rings. The molecule has 82 valence electrons. The van der Waals surface area contributed by atoms with Crippen LogP contribution in [0.4, 0.5) is 0 Å². The van der Waals surface area contributed by atoms with E-state index in [1.165, 1.54) is 0 Å². The van der Waals surface area contributed by atoms with Crippen molar-refractivity contribution >= 4 is 0 Å². The van der Waals surface area contributed by atoms with Crippen molar-refractivity contribution in [2.45, 2.75) is 57.6 Å². The van der Waals surface area contributed by atoms with Crippen molar-refractivity contribution in [1.29, 1.82) is 0 Å². The van der Waals surface area contributed by atoms with Gasteiger partial charge in [-0.15, -0.1) is 0 Å². The second kappa shape index (κ2) is 3.45. The van der Waals surface area contributed by atoms with Crippen molar-refractivity contribution in [3.8, 4) is 0 Å². The van der Waals surface area contributed by atoms with E-state index in [0.29, 0.717) is 0 Å². The first kappa shape index (κ1) is 10.4. The third-order valence-corrected chi connectivity index (χ3v) is 2.74. The Morgan fingerprint density at radius 2 is 1.86 bits per heavy atom. The zero-order chi connectivity index (χ0) is 10.3. The highest BCUT2D eigenvalue weighted by Crippen LogP contribution is 2.39. The molecule has 4 atom stereocenters. The molecule has 0 aliphatic carbocycles. The minimum Gasteiger partial charge on any atom is -0.353 e. The number of hydrogen-bond donors (Lipinski definition) is 0. The van der Waals surface area contributed by atoms with Gasteiger partial charge in [-0.2, -0.15) is 0 Å². The van der Waals surface area contributed by atoms with Crippen LogP contribution in [0.15, 0.2) is 0 Å². The lowest BCUT2D eigenvalue weighted by molar-refractivity contribution is -0.227. The van der Waals surface area contributed by atoms with E-state index in [-0.39, 0.29) is 24.6 Å². The van der Waals surface area contributed by atoms with Gasteiger partial charge in [0.15, 0.2) is 12.1 Å². The van der Waals surface area contributed by atoms with Crippen LogP contribution < -0.4 is 0 Å². The topological polar surface area (TPSA) is 36.9 Å². The number of fused-ring (bicyclic) bond motifs is 1. The number of rotatable bonds is 2. The molecule has 2 fully saturated rings. The lowest BCUT2D eigenvalue weighted by Crippen LogP contribution is -2.30. The van der Waals surface area contributed by atoms with Gasteiger partial charge in [-0.1, -0.05) is 6.92 Å². The quantitative estimate of drug-likeness (QED) is 0.676. The summed E-state index contributed by atoms with van der Waals surface area (Å²) in [6, 6.07) is 0. The SMILES string of the molecule is CC[C@H]1O[C@@H](OC)C2OC(C)(C)OC21. The molecule has 0 N–H and O–H groups in total. The Balaban J connectivity index is 2.12. The molecule has 2 saturated heterocycles. The van der Waals surface area contributed by atoms with Crippen LogP contribution in [0.3, 0.4) is 0 Å². The third-order valence-electron chi connectivity index (χ3n) is 2.74. The standard InChI is InChI=1S/C10H18O4/c1-5-6-7-8(9(11-4)12-6)14-10(2,3)13-7/h6-9H,5H2,1-4H3/t6-,7?,8?,9-/m1/s1. The van der Waals surface area contributed by atoms with Crippen LogP contribution in [0, 0.1) is 0 Å². The second-order valence-electron chi connectivity index (χ2n) is 4.25. The van der Waals surface area contributed by atoms with E-state index in [1.807, 2.05) is 13.8 Å². The van der Waals surface area contributed by atoms with Gasteiger partial charge in [0, 0.05) is 7.11 Å². The first-order valence-electron chi connectivity index (χ1n) is 5.11. The van der Waals surface area contributed by atoms with Gasteiger partial charge in [-0.05, 0) is 20.3 Å². The van der Waals surface area contributed by atoms with E-state index in [2.05, 4.69) is 6.92 Å². The molecule has 4 nitrogen and oxygen atoms in total. The molecule has 4 heteroatoms. The molecule has 0 bridgehead atoms. The van der Waals surface area contributed by atoms with Gasteiger partial charge >= 0.3 is 0 Å². The van der Waals surface area contributed by atoms with Crippen LogP contribution in [0.25, 0.3) is 0 Å². The first-order chi connectivity index (χ1) is 6.57. The summed E-state index contributed by atoms with van der Waals surface area (Å²) in [6.07, 6.45) is 0.652. The molecular weight excluding hydrogens is 184 g/mol. The van der Waals surface area contributed by atoms with Gasteiger partial charge < -0.3 is 18.9 Å². The summed E-state index contributed by atoms with van der Waals surface area (Å²) in [5.74, 6) is -0.511. The Morgan fingerprint density at radius 1 is 1.21 bits per heavy atom. The minimum atomic E-state index is -0.511. The van der Waals surface area contributed by atoms with E-state index < -0.39 is 5.79 Å². The maximum Gasteiger partial charge on any atom is 0.186 e. The van der Waals surface area contributed by atoms with E-state index in [0.717, 1.165) is 6.42 Å². The minimum absolute atomic E-state index is 0.0138. The van der Waals surface area contributed by atoms with Crippen LogP contribution in [0.1, 0.15) is 27.2 Å². The molecule has 2 unspecified atom stereocenters. The van der Waals surface area contributed by atoms with Crippen LogP contribution in [-0.4, -0.2) is 37.5 Å². The fourth-order valence-corrected chi connectivity index (χ4v) is 2.16. The smallest absolute Gasteiger partial charge is 0.186 e. The molecule has 0 aromatic heterocycles. The van der Waals surface area contributed by atoms with E-state index in [9.17, 15) is 0 Å². The summed E-state index contributed by atoms with van der Waals surface area (Å²) >= 11 is 0. The highest BCUT2D eigenvalue weighted by molar-refractivity contribution is 4.94. The number of hydrogen-bond acceptors (Lipinski definition) is 4. The van der Waals surface area contributed by atoms with Crippen molar-refractivity contribution < 1.29 is 18.9 Å². The maximum absolute atomic E-state index is 5.78. The van der Waals surface area contributed by atoms with Crippen molar-refractivity contribution in [3.63, 3.8) is 0 Å². The highest BCUT2D eigenvalue weighted by atomic mass is 16.8. The fraction of sp³-hybridized carbons (Fsp3) is 1.00. The average Bonchev–Trinajstić information content (AvgIpc) is 2.57. The summed E-state index contributed by atoms with van der Waals surface area (Å²) in [5.41, 5.74) is 0. The Labute approximate surface area is 84.5 Å². The van der Waals surface area contributed by atoms with Crippen molar-refractivity contribution in [1.82, 2.24) is 0 Å². The monoisotopic (exact) mass is 202 g/mol. The summed E-state index contributed by atoms with van der Waals surface area (Å²) in [6.45, 7) is 5.92. The Bertz CT molecular complexity index is 196. The summed E-state index contributed by atoms with van der Waals surface area (Å²) in [5, 5.41) is 0. The molecule has 2 aliphatic heterocycles. The van der Waals surface area contributed by atoms with Gasteiger partial charge in [0.25, 0.3) is 0 Å². The lowest BCUT2D eigenvalue weighted by atomic mass is 10.1. The van der Waals surface area contributed by atoms with Crippen LogP contribution in [-0.2, 0) is 18.9 Å². The summed E-state index contributed by atoms with van der Waals surface area (Å²) in [4.78, 5) is 0. The van der Waals surface area contributed by atoms with Gasteiger partial charge in [0.2, 0.25) is 0 Å². The largest absolute Gasteiger partial charge is 0.353 e. The molecule has 0 amide bonds. The van der Waals surface area contributed by atoms with Gasteiger partial charge in [0.1, 0.15) is 12.2 Å². The molecular formula is C10H18O4. The van der Waals surface area contributed by atoms with Gasteiger partial charge in [0.05, 0.1) is 6.10 Å². The second-order valence-corrected chi connectivity index (χ2v) is 4.25. The average molecular weight is 202 g/mol. The molecule has 2 aliphatic rings. The lowest BCUT2D eigenvalue weighted by Gasteiger charge is -2.22. The van der Waals surface area contributed by atoms with E-state index >= 15 is 0 Å². The highest BCUT2D eigenvalue weighted by Gasteiger charge is 2.54. The van der Waals surface area contributed by atoms with Crippen molar-refractivity contribution in [3.05, 3.63) is 0 Å². The zero-order valence-electron chi connectivity index (χ0n) is 9.15. The van der Waals surface area contributed by atoms with Crippen molar-refractivity contribution in [2.75, 3.05) is 7.11 Å². The predicted octanol–water partition coefficient (Wildman–Crippen LogP) is 1.29. The zero-order valence-corrected chi connectivity index (χ0v) is 9.15. The Morgan fingerprint density at radius 3 is 2.43 bits per heavy atom. The Kier molecular flexibility index (Phi) is 2.55. The molecule has 2 heterocycles. The molecule has 0 radical (unpaired) electrons. The first-order valence-corrected chi connectivity index (χ1v) is 5.11. The van der Waals surface area contributed by atoms with Crippen LogP contribution in [0.5, 0.6) is 0 Å². The summed E-state index contributed by atoms with van der Waals surface area (Å²) in [7, 11) is 1.63. The van der Waals surface area contributed by atoms with Gasteiger partial charge in [-0.3, -0.25) is 0 Å². The number of methoxy groups -OCH3 is 1. The van der Waals surface area contributed by atoms with E-state index in [1.54, 1.807) is 7.11 Å². The van der Waals surface area contributed by atoms with Crippen LogP contribution in [0.2, 0.25) is 0 Å². The van der Waals surface area contributed by atoms with Crippen LogP contribution >= 0.6 is 0 Å². The Hall–Kier alpha value is -0.160. The number of ether oxygens (including phenoxy) is 4. The molecule has 0 saturated carbocycles. The van der Waals surface area contributed by atoms with Gasteiger partial charge in [-0.25, -0.2) is 0 Å². The third kappa shape index (κ3) is 1.56. The maximum atomic E-state index is 5.78. The molecule has 14 heavy (non-hydrogen) atoms.